The van der Waals surface area contributed by atoms with Gasteiger partial charge in [0.05, 0.1) is 16.8 Å². The van der Waals surface area contributed by atoms with E-state index in [1.165, 1.54) is 30.5 Å². The van der Waals surface area contributed by atoms with E-state index >= 15 is 0 Å². The van der Waals surface area contributed by atoms with Gasteiger partial charge in [0, 0.05) is 5.69 Å². The van der Waals surface area contributed by atoms with Crippen LogP contribution in [-0.2, 0) is 10.0 Å². The Morgan fingerprint density at radius 2 is 1.76 bits per heavy atom. The number of anilines is 3. The van der Waals surface area contributed by atoms with Crippen molar-refractivity contribution in [2.45, 2.75) is 11.8 Å². The zero-order valence-electron chi connectivity index (χ0n) is 13.4. The molecular weight excluding hydrogens is 341 g/mol. The SMILES string of the molecule is Cc1cccc(S(=O)(=O)Nc2ccc(Nc3cccc(F)c3)cn2)c1. The fraction of sp³-hybridized carbons (Fsp3) is 0.0556. The fourth-order valence-corrected chi connectivity index (χ4v) is 3.35. The number of rotatable bonds is 5. The highest BCUT2D eigenvalue weighted by molar-refractivity contribution is 7.92. The number of sulfonamides is 1. The van der Waals surface area contributed by atoms with Gasteiger partial charge in [-0.3, -0.25) is 4.72 Å². The second-order valence-electron chi connectivity index (χ2n) is 5.49. The molecule has 7 heteroatoms. The smallest absolute Gasteiger partial charge is 0.263 e. The van der Waals surface area contributed by atoms with Crippen molar-refractivity contribution in [2.24, 2.45) is 0 Å². The molecular formula is C18H16FN3O2S. The van der Waals surface area contributed by atoms with Crippen LogP contribution in [0.4, 0.5) is 21.6 Å². The zero-order valence-corrected chi connectivity index (χ0v) is 14.2. The van der Waals surface area contributed by atoms with Crippen molar-refractivity contribution in [3.63, 3.8) is 0 Å². The lowest BCUT2D eigenvalue weighted by Crippen LogP contribution is -2.14. The van der Waals surface area contributed by atoms with E-state index in [0.717, 1.165) is 5.56 Å². The van der Waals surface area contributed by atoms with Crippen molar-refractivity contribution in [2.75, 3.05) is 10.0 Å². The highest BCUT2D eigenvalue weighted by atomic mass is 32.2. The molecule has 25 heavy (non-hydrogen) atoms. The third-order valence-electron chi connectivity index (χ3n) is 3.42. The normalized spacial score (nSPS) is 11.1. The number of nitrogens with zero attached hydrogens (tertiary/aromatic N) is 1. The first-order chi connectivity index (χ1) is 11.9. The minimum atomic E-state index is -3.70. The Kier molecular flexibility index (Phi) is 4.67. The van der Waals surface area contributed by atoms with Crippen LogP contribution in [0, 0.1) is 12.7 Å². The maximum absolute atomic E-state index is 13.2. The van der Waals surface area contributed by atoms with Gasteiger partial charge in [-0.15, -0.1) is 0 Å². The largest absolute Gasteiger partial charge is 0.354 e. The predicted molar refractivity (Wildman–Crippen MR) is 95.9 cm³/mol. The maximum atomic E-state index is 13.2. The lowest BCUT2D eigenvalue weighted by atomic mass is 10.2. The Hall–Kier alpha value is -2.93. The second kappa shape index (κ2) is 6.90. The van der Waals surface area contributed by atoms with Gasteiger partial charge in [0.25, 0.3) is 10.0 Å². The average molecular weight is 357 g/mol. The summed E-state index contributed by atoms with van der Waals surface area (Å²) in [5.74, 6) is -0.146. The van der Waals surface area contributed by atoms with Crippen molar-refractivity contribution in [1.29, 1.82) is 0 Å². The highest BCUT2D eigenvalue weighted by Crippen LogP contribution is 2.20. The molecule has 0 amide bonds. The summed E-state index contributed by atoms with van der Waals surface area (Å²) < 4.78 is 40.3. The summed E-state index contributed by atoms with van der Waals surface area (Å²) in [5, 5.41) is 2.99. The van der Waals surface area contributed by atoms with Crippen LogP contribution in [0.5, 0.6) is 0 Å². The lowest BCUT2D eigenvalue weighted by Gasteiger charge is -2.10. The number of benzene rings is 2. The molecule has 1 heterocycles. The van der Waals surface area contributed by atoms with Gasteiger partial charge in [0.15, 0.2) is 0 Å². The van der Waals surface area contributed by atoms with E-state index in [1.54, 1.807) is 30.3 Å². The molecule has 0 radical (unpaired) electrons. The standard InChI is InChI=1S/C18H16FN3O2S/c1-13-4-2-7-17(10-13)25(23,24)22-18-9-8-16(12-20-18)21-15-6-3-5-14(19)11-15/h2-12,21H,1H3,(H,20,22). The molecule has 5 nitrogen and oxygen atoms in total. The molecule has 0 aliphatic heterocycles. The van der Waals surface area contributed by atoms with Gasteiger partial charge < -0.3 is 5.32 Å². The van der Waals surface area contributed by atoms with E-state index in [1.807, 2.05) is 13.0 Å². The molecule has 0 spiro atoms. The summed E-state index contributed by atoms with van der Waals surface area (Å²) in [5.41, 5.74) is 2.05. The molecule has 2 N–H and O–H groups in total. The fourth-order valence-electron chi connectivity index (χ4n) is 2.24. The van der Waals surface area contributed by atoms with Crippen molar-refractivity contribution in [3.8, 4) is 0 Å². The van der Waals surface area contributed by atoms with Crippen molar-refractivity contribution in [1.82, 2.24) is 4.98 Å². The molecule has 0 bridgehead atoms. The Bertz CT molecular complexity index is 989. The molecule has 0 atom stereocenters. The monoisotopic (exact) mass is 357 g/mol. The van der Waals surface area contributed by atoms with E-state index in [4.69, 9.17) is 0 Å². The quantitative estimate of drug-likeness (QED) is 0.722. The van der Waals surface area contributed by atoms with Crippen molar-refractivity contribution < 1.29 is 12.8 Å². The number of hydrogen-bond donors (Lipinski definition) is 2. The van der Waals surface area contributed by atoms with Gasteiger partial charge in [-0.1, -0.05) is 18.2 Å². The molecule has 0 aliphatic rings. The Morgan fingerprint density at radius 3 is 2.44 bits per heavy atom. The van der Waals surface area contributed by atoms with Crippen LogP contribution < -0.4 is 10.0 Å². The number of aryl methyl sites for hydroxylation is 1. The Balaban J connectivity index is 1.74. The molecule has 128 valence electrons. The third-order valence-corrected chi connectivity index (χ3v) is 4.77. The highest BCUT2D eigenvalue weighted by Gasteiger charge is 2.14. The average Bonchev–Trinajstić information content (AvgIpc) is 2.56. The minimum absolute atomic E-state index is 0.177. The predicted octanol–water partition coefficient (Wildman–Crippen LogP) is 4.07. The van der Waals surface area contributed by atoms with Gasteiger partial charge in [-0.25, -0.2) is 17.8 Å². The minimum Gasteiger partial charge on any atom is -0.354 e. The van der Waals surface area contributed by atoms with Crippen LogP contribution >= 0.6 is 0 Å². The van der Waals surface area contributed by atoms with Crippen molar-refractivity contribution in [3.05, 3.63) is 78.2 Å². The van der Waals surface area contributed by atoms with Gasteiger partial charge in [-0.05, 0) is 55.0 Å². The lowest BCUT2D eigenvalue weighted by molar-refractivity contribution is 0.601. The van der Waals surface area contributed by atoms with Crippen LogP contribution in [0.1, 0.15) is 5.56 Å². The first-order valence-corrected chi connectivity index (χ1v) is 8.99. The Labute approximate surface area is 145 Å². The van der Waals surface area contributed by atoms with E-state index in [9.17, 15) is 12.8 Å². The van der Waals surface area contributed by atoms with Crippen LogP contribution in [0.15, 0.2) is 71.8 Å². The second-order valence-corrected chi connectivity index (χ2v) is 7.17. The number of aromatic nitrogens is 1. The molecule has 3 aromatic rings. The number of halogens is 1. The molecule has 0 fully saturated rings. The van der Waals surface area contributed by atoms with Gasteiger partial charge in [0.2, 0.25) is 0 Å². The summed E-state index contributed by atoms with van der Waals surface area (Å²) in [4.78, 5) is 4.26. The molecule has 3 rings (SSSR count). The van der Waals surface area contributed by atoms with Crippen molar-refractivity contribution >= 4 is 27.2 Å². The summed E-state index contributed by atoms with van der Waals surface area (Å²) in [6.45, 7) is 1.82. The van der Waals surface area contributed by atoms with E-state index in [0.29, 0.717) is 11.4 Å². The molecule has 2 aromatic carbocycles. The van der Waals surface area contributed by atoms with Crippen LogP contribution in [0.2, 0.25) is 0 Å². The van der Waals surface area contributed by atoms with Crippen LogP contribution in [0.25, 0.3) is 0 Å². The topological polar surface area (TPSA) is 71.1 Å². The van der Waals surface area contributed by atoms with Crippen LogP contribution in [0.3, 0.4) is 0 Å². The third kappa shape index (κ3) is 4.33. The molecule has 0 saturated carbocycles. The number of pyridine rings is 1. The summed E-state index contributed by atoms with van der Waals surface area (Å²) in [6.07, 6.45) is 1.47. The van der Waals surface area contributed by atoms with Gasteiger partial charge in [0.1, 0.15) is 11.6 Å². The molecule has 0 saturated heterocycles. The first kappa shape index (κ1) is 16.9. The summed E-state index contributed by atoms with van der Waals surface area (Å²) in [7, 11) is -3.70. The van der Waals surface area contributed by atoms with E-state index in [-0.39, 0.29) is 16.5 Å². The maximum Gasteiger partial charge on any atom is 0.263 e. The number of hydrogen-bond acceptors (Lipinski definition) is 4. The zero-order chi connectivity index (χ0) is 17.9. The van der Waals surface area contributed by atoms with E-state index < -0.39 is 10.0 Å². The van der Waals surface area contributed by atoms with E-state index in [2.05, 4.69) is 15.0 Å². The summed E-state index contributed by atoms with van der Waals surface area (Å²) >= 11 is 0. The van der Waals surface area contributed by atoms with Gasteiger partial charge >= 0.3 is 0 Å². The van der Waals surface area contributed by atoms with Gasteiger partial charge in [-0.2, -0.15) is 0 Å². The Morgan fingerprint density at radius 1 is 0.960 bits per heavy atom. The number of nitrogens with one attached hydrogen (secondary N) is 2. The molecule has 0 aliphatic carbocycles. The molecule has 0 unspecified atom stereocenters. The first-order valence-electron chi connectivity index (χ1n) is 7.50. The summed E-state index contributed by atoms with van der Waals surface area (Å²) in [6, 6.07) is 15.8. The molecule has 1 aromatic heterocycles. The van der Waals surface area contributed by atoms with Crippen LogP contribution in [-0.4, -0.2) is 13.4 Å².